The first-order chi connectivity index (χ1) is 26.7. The third-order valence-corrected chi connectivity index (χ3v) is 27.0. The van der Waals surface area contributed by atoms with Crippen LogP contribution in [0, 0.1) is 0 Å². The first-order valence-corrected chi connectivity index (χ1v) is 34.1. The minimum Gasteiger partial charge on any atom is -0.822 e. The third-order valence-electron chi connectivity index (χ3n) is 11.8. The van der Waals surface area contributed by atoms with Crippen molar-refractivity contribution in [3.8, 4) is 0 Å². The first kappa shape index (κ1) is 64.0. The highest BCUT2D eigenvalue weighted by molar-refractivity contribution is 7.76. The Kier molecular flexibility index (Phi) is 52.5. The molecule has 0 saturated carbocycles. The molecule has 0 fully saturated rings. The van der Waals surface area contributed by atoms with Gasteiger partial charge in [-0.25, -0.2) is 0 Å². The molecular formula is C48H108O4P4. The minimum absolute atomic E-state index is 0.562. The number of hydrogen-bond acceptors (Lipinski definition) is 4. The van der Waals surface area contributed by atoms with E-state index in [1.807, 2.05) is 0 Å². The Morgan fingerprint density at radius 2 is 0.321 bits per heavy atom. The monoisotopic (exact) mass is 873 g/mol. The zero-order valence-corrected chi connectivity index (χ0v) is 44.5. The van der Waals surface area contributed by atoms with Gasteiger partial charge in [0.05, 0.1) is 73.9 Å². The van der Waals surface area contributed by atoms with E-state index >= 15 is 0 Å². The molecule has 0 unspecified atom stereocenters. The van der Waals surface area contributed by atoms with Gasteiger partial charge in [0.2, 0.25) is 0 Å². The Labute approximate surface area is 358 Å². The minimum atomic E-state index is -5.39. The van der Waals surface area contributed by atoms with E-state index in [-0.39, 0.29) is 0 Å². The Bertz CT molecular complexity index is 585. The lowest BCUT2D eigenvalue weighted by Crippen LogP contribution is -2.24. The molecule has 344 valence electrons. The van der Waals surface area contributed by atoms with Crippen LogP contribution in [0.5, 0.6) is 0 Å². The largest absolute Gasteiger partial charge is 0.822 e. The molecule has 0 saturated heterocycles. The smallest absolute Gasteiger partial charge is 0.0594 e. The summed E-state index contributed by atoms with van der Waals surface area (Å²) in [5.41, 5.74) is 0. The van der Waals surface area contributed by atoms with Gasteiger partial charge in [0, 0.05) is 21.8 Å². The van der Waals surface area contributed by atoms with Crippen LogP contribution >= 0.6 is 29.6 Å². The van der Waals surface area contributed by atoms with Crippen LogP contribution in [0.2, 0.25) is 0 Å². The molecule has 0 spiro atoms. The third kappa shape index (κ3) is 43.5. The van der Waals surface area contributed by atoms with Gasteiger partial charge in [-0.05, 0) is 77.0 Å². The van der Waals surface area contributed by atoms with E-state index in [0.29, 0.717) is 0 Å². The van der Waals surface area contributed by atoms with Crippen molar-refractivity contribution in [1.29, 1.82) is 0 Å². The molecule has 0 aliphatic heterocycles. The van der Waals surface area contributed by atoms with E-state index in [4.69, 9.17) is 19.2 Å². The van der Waals surface area contributed by atoms with Gasteiger partial charge in [0.1, 0.15) is 0 Å². The molecule has 0 aromatic rings. The predicted octanol–water partition coefficient (Wildman–Crippen LogP) is 15.8. The molecule has 0 rings (SSSR count). The van der Waals surface area contributed by atoms with Gasteiger partial charge in [-0.2, -0.15) is 7.82 Å². The second-order valence-electron chi connectivity index (χ2n) is 17.4. The van der Waals surface area contributed by atoms with Crippen LogP contribution in [0.15, 0.2) is 0 Å². The summed E-state index contributed by atoms with van der Waals surface area (Å²) in [6, 6.07) is 0. The molecule has 56 heavy (non-hydrogen) atoms. The van der Waals surface area contributed by atoms with Crippen molar-refractivity contribution in [2.24, 2.45) is 0 Å². The fourth-order valence-corrected chi connectivity index (χ4v) is 23.8. The molecule has 0 aromatic carbocycles. The first-order valence-electron chi connectivity index (χ1n) is 25.0. The van der Waals surface area contributed by atoms with Crippen LogP contribution in [-0.4, -0.2) is 73.9 Å². The molecule has 0 atom stereocenters. The fraction of sp³-hybridized carbons (Fsp3) is 1.00. The van der Waals surface area contributed by atoms with Crippen molar-refractivity contribution >= 4 is 29.6 Å². The Hall–Kier alpha value is 1.40. The van der Waals surface area contributed by atoms with Crippen LogP contribution in [0.25, 0.3) is 0 Å². The standard InChI is InChI=1S/3C16H36P.H3O4P/c3*1-5-9-13-17(14-10-6-2,15-11-7-3)16-12-8-4;1-5(2,3)4/h3*5-16H2,1-4H3;(H3,1,2,3,4)/q3*+1;/p-3. The summed E-state index contributed by atoms with van der Waals surface area (Å²) >= 11 is 0. The Morgan fingerprint density at radius 1 is 0.250 bits per heavy atom. The topological polar surface area (TPSA) is 86.2 Å². The number of hydrogen-bond donors (Lipinski definition) is 0. The van der Waals surface area contributed by atoms with Gasteiger partial charge in [0.15, 0.2) is 0 Å². The van der Waals surface area contributed by atoms with E-state index in [9.17, 15) is 0 Å². The summed E-state index contributed by atoms with van der Waals surface area (Å²) in [5, 5.41) is 0. The second-order valence-corrected chi connectivity index (χ2v) is 31.7. The quantitative estimate of drug-likeness (QED) is 0.0587. The summed E-state index contributed by atoms with van der Waals surface area (Å²) in [7, 11) is -7.08. The molecule has 0 bridgehead atoms. The van der Waals surface area contributed by atoms with Crippen LogP contribution in [0.4, 0.5) is 0 Å². The van der Waals surface area contributed by atoms with Crippen molar-refractivity contribution in [3.63, 3.8) is 0 Å². The number of rotatable bonds is 36. The second kappa shape index (κ2) is 45.9. The predicted molar refractivity (Wildman–Crippen MR) is 266 cm³/mol. The van der Waals surface area contributed by atoms with E-state index in [0.717, 1.165) is 0 Å². The van der Waals surface area contributed by atoms with Crippen molar-refractivity contribution < 1.29 is 19.2 Å². The highest BCUT2D eigenvalue weighted by Gasteiger charge is 2.36. The average Bonchev–Trinajstić information content (AvgIpc) is 3.19. The Balaban J connectivity index is -0.000000340. The number of phosphoric acid groups is 1. The van der Waals surface area contributed by atoms with Gasteiger partial charge < -0.3 is 19.2 Å². The SMILES string of the molecule is CCCC[P+](CCCC)(CCCC)CCCC.CCCC[P+](CCCC)(CCCC)CCCC.CCCC[P+](CCCC)(CCCC)CCCC.O=P([O-])([O-])[O-]. The molecule has 0 heterocycles. The van der Waals surface area contributed by atoms with E-state index in [1.54, 1.807) is 73.9 Å². The normalized spacial score (nSPS) is 12.0. The maximum Gasteiger partial charge on any atom is 0.0594 e. The zero-order chi connectivity index (χ0) is 43.5. The molecule has 0 aromatic heterocycles. The van der Waals surface area contributed by atoms with E-state index in [2.05, 4.69) is 83.1 Å². The summed E-state index contributed by atoms with van der Waals surface area (Å²) in [6.07, 6.45) is 53.8. The van der Waals surface area contributed by atoms with Crippen LogP contribution in [0.1, 0.15) is 237 Å². The van der Waals surface area contributed by atoms with Crippen LogP contribution in [-0.2, 0) is 4.57 Å². The van der Waals surface area contributed by atoms with Crippen molar-refractivity contribution in [3.05, 3.63) is 0 Å². The van der Waals surface area contributed by atoms with Gasteiger partial charge in [-0.15, -0.1) is 0 Å². The van der Waals surface area contributed by atoms with Gasteiger partial charge in [-0.1, -0.05) is 160 Å². The lowest BCUT2D eigenvalue weighted by molar-refractivity contribution is -0.432. The van der Waals surface area contributed by atoms with Crippen molar-refractivity contribution in [1.82, 2.24) is 0 Å². The molecule has 0 aliphatic carbocycles. The van der Waals surface area contributed by atoms with Crippen LogP contribution in [0.3, 0.4) is 0 Å². The molecule has 4 nitrogen and oxygen atoms in total. The van der Waals surface area contributed by atoms with Gasteiger partial charge >= 0.3 is 0 Å². The maximum absolute atomic E-state index is 8.55. The molecule has 0 radical (unpaired) electrons. The average molecular weight is 873 g/mol. The summed E-state index contributed by atoms with van der Waals surface area (Å²) < 4.78 is 8.55. The van der Waals surface area contributed by atoms with Crippen molar-refractivity contribution in [2.45, 2.75) is 237 Å². The summed E-state index contributed by atoms with van der Waals surface area (Å²) in [6.45, 7) is 28.3. The fourth-order valence-electron chi connectivity index (χ4n) is 7.93. The van der Waals surface area contributed by atoms with Gasteiger partial charge in [-0.3, -0.25) is 0 Å². The zero-order valence-electron chi connectivity index (χ0n) is 40.9. The molecule has 0 N–H and O–H groups in total. The molecular weight excluding hydrogens is 764 g/mol. The van der Waals surface area contributed by atoms with E-state index in [1.165, 1.54) is 154 Å². The molecule has 0 aliphatic rings. The molecule has 0 amide bonds. The summed E-state index contributed by atoms with van der Waals surface area (Å²) in [4.78, 5) is 25.6. The highest BCUT2D eigenvalue weighted by atomic mass is 31.2. The maximum atomic E-state index is 8.55. The molecule has 8 heteroatoms. The lowest BCUT2D eigenvalue weighted by Gasteiger charge is -2.36. The van der Waals surface area contributed by atoms with Crippen LogP contribution < -0.4 is 14.7 Å². The Morgan fingerprint density at radius 3 is 0.375 bits per heavy atom. The highest BCUT2D eigenvalue weighted by Crippen LogP contribution is 2.63. The number of unbranched alkanes of at least 4 members (excludes halogenated alkanes) is 12. The summed E-state index contributed by atoms with van der Waals surface area (Å²) in [5.74, 6) is 0. The van der Waals surface area contributed by atoms with E-state index < -0.39 is 29.6 Å². The van der Waals surface area contributed by atoms with Gasteiger partial charge in [0.25, 0.3) is 0 Å². The van der Waals surface area contributed by atoms with Crippen molar-refractivity contribution in [2.75, 3.05) is 73.9 Å². The lowest BCUT2D eigenvalue weighted by atomic mass is 10.4.